The topological polar surface area (TPSA) is 78.5 Å². The molecule has 0 spiro atoms. The fraction of sp³-hybridized carbons (Fsp3) is 0.227. The van der Waals surface area contributed by atoms with Gasteiger partial charge in [-0.3, -0.25) is 4.79 Å². The number of rotatable bonds is 5. The van der Waals surface area contributed by atoms with Crippen molar-refractivity contribution in [3.05, 3.63) is 76.1 Å². The number of aryl methyl sites for hydroxylation is 1. The van der Waals surface area contributed by atoms with Crippen LogP contribution in [-0.4, -0.2) is 26.5 Å². The third kappa shape index (κ3) is 4.78. The number of halogens is 1. The van der Waals surface area contributed by atoms with Crippen molar-refractivity contribution in [1.82, 2.24) is 5.16 Å². The van der Waals surface area contributed by atoms with Crippen LogP contribution < -0.4 is 0 Å². The Morgan fingerprint density at radius 1 is 1.17 bits per heavy atom. The summed E-state index contributed by atoms with van der Waals surface area (Å²) in [5.41, 5.74) is 2.98. The predicted molar refractivity (Wildman–Crippen MR) is 117 cm³/mol. The molecule has 2 aromatic carbocycles. The minimum atomic E-state index is -1.44. The SMILES string of the molecule is Cc1noc(/C=N/[S+]([O-])C(C)(C)C)c1-c1ccccc1C(=O)c1ccc(Cl)cc1. The Labute approximate surface area is 178 Å². The molecule has 0 saturated carbocycles. The number of ketones is 1. The summed E-state index contributed by atoms with van der Waals surface area (Å²) in [4.78, 5) is 13.1. The molecule has 1 aromatic heterocycles. The Bertz CT molecular complexity index is 1050. The molecule has 0 saturated heterocycles. The second kappa shape index (κ2) is 8.53. The van der Waals surface area contributed by atoms with Gasteiger partial charge in [-0.15, -0.1) is 0 Å². The molecule has 3 aromatic rings. The van der Waals surface area contributed by atoms with Crippen molar-refractivity contribution in [3.8, 4) is 11.1 Å². The maximum absolute atomic E-state index is 13.1. The van der Waals surface area contributed by atoms with Crippen LogP contribution in [0.2, 0.25) is 5.02 Å². The van der Waals surface area contributed by atoms with Crippen molar-refractivity contribution in [2.24, 2.45) is 4.40 Å². The van der Waals surface area contributed by atoms with Gasteiger partial charge in [0.15, 0.2) is 11.5 Å². The van der Waals surface area contributed by atoms with E-state index in [1.54, 1.807) is 43.3 Å². The fourth-order valence-corrected chi connectivity index (χ4v) is 3.35. The number of hydrogen-bond acceptors (Lipinski definition) is 5. The van der Waals surface area contributed by atoms with Gasteiger partial charge in [0.1, 0.15) is 22.3 Å². The lowest BCUT2D eigenvalue weighted by Crippen LogP contribution is -2.25. The van der Waals surface area contributed by atoms with Gasteiger partial charge in [0.25, 0.3) is 0 Å². The van der Waals surface area contributed by atoms with Crippen LogP contribution in [0.15, 0.2) is 57.5 Å². The normalized spacial score (nSPS) is 13.0. The molecule has 5 nitrogen and oxygen atoms in total. The first-order valence-corrected chi connectivity index (χ1v) is 10.5. The number of benzene rings is 2. The fourth-order valence-electron chi connectivity index (χ4n) is 2.71. The number of carbonyl (C=O) groups excluding carboxylic acids is 1. The Morgan fingerprint density at radius 2 is 1.83 bits per heavy atom. The summed E-state index contributed by atoms with van der Waals surface area (Å²) in [6.07, 6.45) is 1.42. The average Bonchev–Trinajstić information content (AvgIpc) is 3.05. The maximum atomic E-state index is 13.1. The largest absolute Gasteiger partial charge is 0.591 e. The van der Waals surface area contributed by atoms with E-state index in [1.807, 2.05) is 32.9 Å². The lowest BCUT2D eigenvalue weighted by atomic mass is 9.93. The Hall–Kier alpha value is -2.41. The van der Waals surface area contributed by atoms with Crippen LogP contribution in [0.4, 0.5) is 0 Å². The van der Waals surface area contributed by atoms with Gasteiger partial charge in [-0.25, -0.2) is 0 Å². The molecule has 3 rings (SSSR count). The lowest BCUT2D eigenvalue weighted by molar-refractivity contribution is 0.103. The molecule has 0 aliphatic heterocycles. The molecule has 0 bridgehead atoms. The number of aromatic nitrogens is 1. The molecule has 0 fully saturated rings. The van der Waals surface area contributed by atoms with Gasteiger partial charge >= 0.3 is 0 Å². The van der Waals surface area contributed by atoms with Crippen LogP contribution in [0.25, 0.3) is 11.1 Å². The minimum absolute atomic E-state index is 0.140. The van der Waals surface area contributed by atoms with Gasteiger partial charge in [-0.1, -0.05) is 45.4 Å². The van der Waals surface area contributed by atoms with E-state index in [0.29, 0.717) is 38.7 Å². The van der Waals surface area contributed by atoms with Gasteiger partial charge in [0.2, 0.25) is 0 Å². The van der Waals surface area contributed by atoms with E-state index in [1.165, 1.54) is 6.21 Å². The highest BCUT2D eigenvalue weighted by Gasteiger charge is 2.27. The first-order chi connectivity index (χ1) is 13.7. The molecule has 7 heteroatoms. The summed E-state index contributed by atoms with van der Waals surface area (Å²) >= 11 is 4.50. The van der Waals surface area contributed by atoms with Gasteiger partial charge in [0, 0.05) is 16.1 Å². The second-order valence-electron chi connectivity index (χ2n) is 7.48. The predicted octanol–water partition coefficient (Wildman–Crippen LogP) is 5.42. The summed E-state index contributed by atoms with van der Waals surface area (Å²) in [5, 5.41) is 4.59. The molecule has 1 unspecified atom stereocenters. The molecule has 0 radical (unpaired) electrons. The number of hydrogen-bond donors (Lipinski definition) is 0. The molecule has 150 valence electrons. The molecular formula is C22H21ClN2O3S. The highest BCUT2D eigenvalue weighted by atomic mass is 35.5. The highest BCUT2D eigenvalue weighted by Crippen LogP contribution is 2.31. The molecule has 0 N–H and O–H groups in total. The second-order valence-corrected chi connectivity index (χ2v) is 9.86. The zero-order chi connectivity index (χ0) is 21.2. The zero-order valence-corrected chi connectivity index (χ0v) is 18.2. The minimum Gasteiger partial charge on any atom is -0.591 e. The van der Waals surface area contributed by atoms with E-state index in [9.17, 15) is 9.35 Å². The third-order valence-electron chi connectivity index (χ3n) is 4.23. The monoisotopic (exact) mass is 428 g/mol. The standard InChI is InChI=1S/C22H21ClN2O3S/c1-14-20(19(28-25-14)13-24-29(27)22(2,3)4)17-7-5-6-8-18(17)21(26)15-9-11-16(23)12-10-15/h5-13H,1-4H3/b24-13+. The number of nitrogens with zero attached hydrogens (tertiary/aromatic N) is 2. The molecule has 0 aliphatic carbocycles. The van der Waals surface area contributed by atoms with Crippen molar-refractivity contribution in [2.75, 3.05) is 0 Å². The average molecular weight is 429 g/mol. The molecule has 1 atom stereocenters. The first-order valence-electron chi connectivity index (χ1n) is 9.00. The first kappa shape index (κ1) is 21.3. The van der Waals surface area contributed by atoms with Crippen LogP contribution in [0.5, 0.6) is 0 Å². The van der Waals surface area contributed by atoms with E-state index in [2.05, 4.69) is 9.55 Å². The van der Waals surface area contributed by atoms with Crippen molar-refractivity contribution < 1.29 is 13.9 Å². The zero-order valence-electron chi connectivity index (χ0n) is 16.6. The molecule has 0 aliphatic rings. The summed E-state index contributed by atoms with van der Waals surface area (Å²) in [5.74, 6) is 0.218. The highest BCUT2D eigenvalue weighted by molar-refractivity contribution is 7.91. The third-order valence-corrected chi connectivity index (χ3v) is 5.82. The van der Waals surface area contributed by atoms with Crippen LogP contribution >= 0.6 is 11.6 Å². The molecule has 0 amide bonds. The number of carbonyl (C=O) groups is 1. The Morgan fingerprint density at radius 3 is 2.48 bits per heavy atom. The Balaban J connectivity index is 2.05. The summed E-state index contributed by atoms with van der Waals surface area (Å²) in [6.45, 7) is 7.31. The van der Waals surface area contributed by atoms with Crippen molar-refractivity contribution in [3.63, 3.8) is 0 Å². The Kier molecular flexibility index (Phi) is 6.27. The smallest absolute Gasteiger partial charge is 0.193 e. The van der Waals surface area contributed by atoms with Crippen molar-refractivity contribution >= 4 is 35.0 Å². The van der Waals surface area contributed by atoms with Crippen LogP contribution in [0.1, 0.15) is 48.1 Å². The van der Waals surface area contributed by atoms with Gasteiger partial charge in [-0.2, -0.15) is 0 Å². The quantitative estimate of drug-likeness (QED) is 0.309. The van der Waals surface area contributed by atoms with Gasteiger partial charge < -0.3 is 9.08 Å². The van der Waals surface area contributed by atoms with Gasteiger partial charge in [0.05, 0.1) is 11.3 Å². The van der Waals surface area contributed by atoms with Crippen LogP contribution in [-0.2, 0) is 11.4 Å². The maximum Gasteiger partial charge on any atom is 0.193 e. The summed E-state index contributed by atoms with van der Waals surface area (Å²) in [7, 11) is 0. The lowest BCUT2D eigenvalue weighted by Gasteiger charge is -2.17. The van der Waals surface area contributed by atoms with Gasteiger partial charge in [-0.05, 0) is 57.5 Å². The molecule has 1 heterocycles. The summed E-state index contributed by atoms with van der Waals surface area (Å²) in [6, 6.07) is 14.0. The van der Waals surface area contributed by atoms with E-state index in [0.717, 1.165) is 0 Å². The van der Waals surface area contributed by atoms with E-state index >= 15 is 0 Å². The van der Waals surface area contributed by atoms with E-state index < -0.39 is 16.1 Å². The van der Waals surface area contributed by atoms with E-state index in [-0.39, 0.29) is 5.78 Å². The van der Waals surface area contributed by atoms with Crippen molar-refractivity contribution in [2.45, 2.75) is 32.4 Å². The van der Waals surface area contributed by atoms with Crippen molar-refractivity contribution in [1.29, 1.82) is 0 Å². The molecule has 29 heavy (non-hydrogen) atoms. The molecular weight excluding hydrogens is 408 g/mol. The van der Waals surface area contributed by atoms with Crippen LogP contribution in [0.3, 0.4) is 0 Å². The van der Waals surface area contributed by atoms with Crippen LogP contribution in [0, 0.1) is 6.92 Å². The van der Waals surface area contributed by atoms with E-state index in [4.69, 9.17) is 16.1 Å². The summed E-state index contributed by atoms with van der Waals surface area (Å²) < 4.78 is 21.3.